The molecule has 3 rings (SSSR count). The molecule has 0 saturated carbocycles. The fraction of sp³-hybridized carbons (Fsp3) is 0.400. The number of carbonyl (C=O) groups excluding carboxylic acids is 3. The summed E-state index contributed by atoms with van der Waals surface area (Å²) in [5.74, 6) is -3.65. The van der Waals surface area contributed by atoms with Crippen molar-refractivity contribution in [3.63, 3.8) is 0 Å². The third kappa shape index (κ3) is 5.74. The molecular formula is C25H29F2N3O3. The number of likely N-dealkylation sites (tertiary alicyclic amines) is 1. The van der Waals surface area contributed by atoms with Crippen molar-refractivity contribution < 1.29 is 23.2 Å². The second kappa shape index (κ2) is 10.6. The SMILES string of the molecule is Cc1ccccc1C(=O)NC1CCN(C(=O)C(NC(=O)c2c(F)cccc2F)C(C)C)CC1. The lowest BCUT2D eigenvalue weighted by molar-refractivity contribution is -0.135. The molecule has 0 bridgehead atoms. The van der Waals surface area contributed by atoms with E-state index in [1.54, 1.807) is 24.8 Å². The molecule has 1 unspecified atom stereocenters. The van der Waals surface area contributed by atoms with Crippen LogP contribution in [0.4, 0.5) is 8.78 Å². The van der Waals surface area contributed by atoms with E-state index in [9.17, 15) is 23.2 Å². The molecule has 1 atom stereocenters. The standard InChI is InChI=1S/C25H29F2N3O3/c1-15(2)22(29-24(32)21-19(26)9-6-10-20(21)27)25(33)30-13-11-17(12-14-30)28-23(31)18-8-5-4-7-16(18)3/h4-10,15,17,22H,11-14H2,1-3H3,(H,28,31)(H,29,32). The molecule has 0 aromatic heterocycles. The Kier molecular flexibility index (Phi) is 7.79. The zero-order chi connectivity index (χ0) is 24.1. The Morgan fingerprint density at radius 3 is 2.12 bits per heavy atom. The molecular weight excluding hydrogens is 428 g/mol. The summed E-state index contributed by atoms with van der Waals surface area (Å²) in [7, 11) is 0. The number of carbonyl (C=O) groups is 3. The molecule has 1 aliphatic heterocycles. The molecule has 3 amide bonds. The van der Waals surface area contributed by atoms with Gasteiger partial charge in [0.1, 0.15) is 23.2 Å². The summed E-state index contributed by atoms with van der Waals surface area (Å²) in [6.45, 7) is 6.21. The molecule has 33 heavy (non-hydrogen) atoms. The molecule has 2 aromatic rings. The zero-order valence-electron chi connectivity index (χ0n) is 19.0. The maximum Gasteiger partial charge on any atom is 0.257 e. The average Bonchev–Trinajstić information content (AvgIpc) is 2.77. The quantitative estimate of drug-likeness (QED) is 0.698. The van der Waals surface area contributed by atoms with E-state index < -0.39 is 29.1 Å². The van der Waals surface area contributed by atoms with Crippen molar-refractivity contribution in [3.05, 3.63) is 70.8 Å². The van der Waals surface area contributed by atoms with Crippen LogP contribution >= 0.6 is 0 Å². The molecule has 0 spiro atoms. The van der Waals surface area contributed by atoms with Gasteiger partial charge >= 0.3 is 0 Å². The minimum atomic E-state index is -0.979. The lowest BCUT2D eigenvalue weighted by Gasteiger charge is -2.35. The summed E-state index contributed by atoms with van der Waals surface area (Å²) in [5.41, 5.74) is 0.817. The molecule has 1 heterocycles. The number of hydrogen-bond acceptors (Lipinski definition) is 3. The van der Waals surface area contributed by atoms with Gasteiger partial charge in [0.2, 0.25) is 5.91 Å². The Hall–Kier alpha value is -3.29. The van der Waals surface area contributed by atoms with Gasteiger partial charge in [0.15, 0.2) is 0 Å². The van der Waals surface area contributed by atoms with Gasteiger partial charge in [-0.05, 0) is 49.4 Å². The van der Waals surface area contributed by atoms with Gasteiger partial charge in [-0.1, -0.05) is 38.1 Å². The van der Waals surface area contributed by atoms with Crippen molar-refractivity contribution >= 4 is 17.7 Å². The Labute approximate surface area is 192 Å². The highest BCUT2D eigenvalue weighted by molar-refractivity contribution is 5.98. The second-order valence-corrected chi connectivity index (χ2v) is 8.68. The summed E-state index contributed by atoms with van der Waals surface area (Å²) >= 11 is 0. The minimum Gasteiger partial charge on any atom is -0.349 e. The topological polar surface area (TPSA) is 78.5 Å². The van der Waals surface area contributed by atoms with Crippen LogP contribution in [0.15, 0.2) is 42.5 Å². The van der Waals surface area contributed by atoms with Crippen LogP contribution < -0.4 is 10.6 Å². The van der Waals surface area contributed by atoms with E-state index in [-0.39, 0.29) is 23.8 Å². The number of rotatable bonds is 6. The monoisotopic (exact) mass is 457 g/mol. The highest BCUT2D eigenvalue weighted by Gasteiger charge is 2.33. The van der Waals surface area contributed by atoms with Crippen molar-refractivity contribution in [2.45, 2.75) is 45.7 Å². The highest BCUT2D eigenvalue weighted by Crippen LogP contribution is 2.17. The Morgan fingerprint density at radius 1 is 0.939 bits per heavy atom. The Bertz CT molecular complexity index is 1010. The van der Waals surface area contributed by atoms with Crippen molar-refractivity contribution in [2.75, 3.05) is 13.1 Å². The van der Waals surface area contributed by atoms with Crippen molar-refractivity contribution in [1.82, 2.24) is 15.5 Å². The van der Waals surface area contributed by atoms with Crippen LogP contribution in [0.5, 0.6) is 0 Å². The number of amides is 3. The first-order chi connectivity index (χ1) is 15.7. The lowest BCUT2D eigenvalue weighted by atomic mass is 9.98. The first-order valence-corrected chi connectivity index (χ1v) is 11.1. The number of nitrogens with one attached hydrogen (secondary N) is 2. The predicted molar refractivity (Wildman–Crippen MR) is 121 cm³/mol. The first-order valence-electron chi connectivity index (χ1n) is 11.1. The van der Waals surface area contributed by atoms with Crippen LogP contribution in [-0.4, -0.2) is 47.8 Å². The van der Waals surface area contributed by atoms with Gasteiger partial charge < -0.3 is 15.5 Å². The minimum absolute atomic E-state index is 0.0687. The van der Waals surface area contributed by atoms with Crippen molar-refractivity contribution in [1.29, 1.82) is 0 Å². The molecule has 8 heteroatoms. The number of nitrogens with zero attached hydrogens (tertiary/aromatic N) is 1. The van der Waals surface area contributed by atoms with Gasteiger partial charge in [-0.25, -0.2) is 8.78 Å². The molecule has 2 N–H and O–H groups in total. The summed E-state index contributed by atoms with van der Waals surface area (Å²) in [5, 5.41) is 5.53. The van der Waals surface area contributed by atoms with E-state index in [2.05, 4.69) is 10.6 Å². The maximum atomic E-state index is 14.0. The van der Waals surface area contributed by atoms with Crippen molar-refractivity contribution in [2.24, 2.45) is 5.92 Å². The van der Waals surface area contributed by atoms with E-state index in [4.69, 9.17) is 0 Å². The van der Waals surface area contributed by atoms with Gasteiger partial charge in [0, 0.05) is 24.7 Å². The predicted octanol–water partition coefficient (Wildman–Crippen LogP) is 3.45. The van der Waals surface area contributed by atoms with E-state index in [1.165, 1.54) is 6.07 Å². The van der Waals surface area contributed by atoms with Crippen LogP contribution in [0.1, 0.15) is 53.0 Å². The number of benzene rings is 2. The molecule has 176 valence electrons. The van der Waals surface area contributed by atoms with Gasteiger partial charge in [-0.2, -0.15) is 0 Å². The van der Waals surface area contributed by atoms with E-state index in [0.29, 0.717) is 31.5 Å². The van der Waals surface area contributed by atoms with Crippen LogP contribution in [-0.2, 0) is 4.79 Å². The summed E-state index contributed by atoms with van der Waals surface area (Å²) < 4.78 is 27.9. The zero-order valence-corrected chi connectivity index (χ0v) is 19.0. The van der Waals surface area contributed by atoms with Gasteiger partial charge in [-0.15, -0.1) is 0 Å². The summed E-state index contributed by atoms with van der Waals surface area (Å²) in [4.78, 5) is 39.8. The molecule has 1 aliphatic rings. The Balaban J connectivity index is 1.60. The summed E-state index contributed by atoms with van der Waals surface area (Å²) in [6, 6.07) is 9.53. The Morgan fingerprint density at radius 2 is 1.55 bits per heavy atom. The lowest BCUT2D eigenvalue weighted by Crippen LogP contribution is -2.55. The number of aryl methyl sites for hydroxylation is 1. The fourth-order valence-electron chi connectivity index (χ4n) is 3.97. The molecule has 1 saturated heterocycles. The van der Waals surface area contributed by atoms with Gasteiger partial charge in [0.05, 0.1) is 0 Å². The molecule has 0 radical (unpaired) electrons. The molecule has 0 aliphatic carbocycles. The van der Waals surface area contributed by atoms with E-state index >= 15 is 0 Å². The number of hydrogen-bond donors (Lipinski definition) is 2. The van der Waals surface area contributed by atoms with E-state index in [0.717, 1.165) is 17.7 Å². The van der Waals surface area contributed by atoms with Gasteiger partial charge in [0.25, 0.3) is 11.8 Å². The fourth-order valence-corrected chi connectivity index (χ4v) is 3.97. The normalized spacial score (nSPS) is 15.3. The van der Waals surface area contributed by atoms with Crippen LogP contribution in [0.2, 0.25) is 0 Å². The second-order valence-electron chi connectivity index (χ2n) is 8.68. The third-order valence-electron chi connectivity index (χ3n) is 5.94. The van der Waals surface area contributed by atoms with Gasteiger partial charge in [-0.3, -0.25) is 14.4 Å². The average molecular weight is 458 g/mol. The number of piperidine rings is 1. The molecule has 6 nitrogen and oxygen atoms in total. The van der Waals surface area contributed by atoms with Crippen LogP contribution in [0.3, 0.4) is 0 Å². The maximum absolute atomic E-state index is 14.0. The number of halogens is 2. The molecule has 2 aromatic carbocycles. The van der Waals surface area contributed by atoms with Crippen LogP contribution in [0.25, 0.3) is 0 Å². The van der Waals surface area contributed by atoms with Crippen LogP contribution in [0, 0.1) is 24.5 Å². The highest BCUT2D eigenvalue weighted by atomic mass is 19.1. The largest absolute Gasteiger partial charge is 0.349 e. The summed E-state index contributed by atoms with van der Waals surface area (Å²) in [6.07, 6.45) is 1.15. The smallest absolute Gasteiger partial charge is 0.257 e. The molecule has 1 fully saturated rings. The van der Waals surface area contributed by atoms with Crippen molar-refractivity contribution in [3.8, 4) is 0 Å². The van der Waals surface area contributed by atoms with E-state index in [1.807, 2.05) is 25.1 Å². The first kappa shape index (κ1) is 24.4. The third-order valence-corrected chi connectivity index (χ3v) is 5.94.